The molecule has 3 aromatic rings. The van der Waals surface area contributed by atoms with Crippen molar-refractivity contribution in [2.45, 2.75) is 12.8 Å². The van der Waals surface area contributed by atoms with Crippen molar-refractivity contribution in [2.75, 3.05) is 20.8 Å². The molecule has 1 aromatic carbocycles. The van der Waals surface area contributed by atoms with Gasteiger partial charge in [0.25, 0.3) is 0 Å². The minimum atomic E-state index is 0.711. The Hall–Kier alpha value is -3.34. The number of hydrogen-bond donors (Lipinski definition) is 0. The van der Waals surface area contributed by atoms with Crippen LogP contribution in [-0.4, -0.2) is 31.5 Å². The molecule has 2 aromatic heterocycles. The summed E-state index contributed by atoms with van der Waals surface area (Å²) in [5.74, 6) is 3.00. The highest BCUT2D eigenvalue weighted by Gasteiger charge is 2.16. The standard InChI is InChI=1S/C23H22N2O3/c1-26-18-7-9-20(22(14-18)27-2)21-10-8-19(28-21)13-16-5-4-12-25-23(16)17-6-3-11-24-15-17/h3,6-11,13-15H,4-5,12H2,1-2H3/b16-13-. The minimum absolute atomic E-state index is 0.711. The van der Waals surface area contributed by atoms with Crippen molar-refractivity contribution in [3.8, 4) is 22.8 Å². The number of aliphatic imine (C=N–C) groups is 1. The molecule has 0 radical (unpaired) electrons. The third kappa shape index (κ3) is 3.69. The van der Waals surface area contributed by atoms with Crippen molar-refractivity contribution in [1.29, 1.82) is 0 Å². The van der Waals surface area contributed by atoms with E-state index >= 15 is 0 Å². The predicted octanol–water partition coefficient (Wildman–Crippen LogP) is 5.03. The van der Waals surface area contributed by atoms with Gasteiger partial charge in [-0.1, -0.05) is 0 Å². The summed E-state index contributed by atoms with van der Waals surface area (Å²) in [6.45, 7) is 0.841. The van der Waals surface area contributed by atoms with E-state index in [4.69, 9.17) is 18.9 Å². The number of aromatic nitrogens is 1. The summed E-state index contributed by atoms with van der Waals surface area (Å²) < 4.78 is 16.9. The van der Waals surface area contributed by atoms with Gasteiger partial charge in [-0.25, -0.2) is 0 Å². The van der Waals surface area contributed by atoms with Gasteiger partial charge in [0.2, 0.25) is 0 Å². The number of pyridine rings is 1. The van der Waals surface area contributed by atoms with Gasteiger partial charge in [0.1, 0.15) is 23.0 Å². The fraction of sp³-hybridized carbons (Fsp3) is 0.217. The molecule has 3 heterocycles. The van der Waals surface area contributed by atoms with Gasteiger partial charge in [0, 0.05) is 30.6 Å². The van der Waals surface area contributed by atoms with Crippen LogP contribution in [0, 0.1) is 0 Å². The number of allylic oxidation sites excluding steroid dienone is 1. The highest BCUT2D eigenvalue weighted by Crippen LogP contribution is 2.35. The van der Waals surface area contributed by atoms with Gasteiger partial charge in [-0.2, -0.15) is 0 Å². The fourth-order valence-electron chi connectivity index (χ4n) is 3.35. The maximum Gasteiger partial charge on any atom is 0.138 e. The topological polar surface area (TPSA) is 56.9 Å². The Morgan fingerprint density at radius 3 is 2.79 bits per heavy atom. The predicted molar refractivity (Wildman–Crippen MR) is 110 cm³/mol. The van der Waals surface area contributed by atoms with Crippen LogP contribution >= 0.6 is 0 Å². The third-order valence-electron chi connectivity index (χ3n) is 4.73. The van der Waals surface area contributed by atoms with E-state index in [0.29, 0.717) is 5.75 Å². The van der Waals surface area contributed by atoms with E-state index in [1.165, 1.54) is 5.57 Å². The van der Waals surface area contributed by atoms with Crippen molar-refractivity contribution >= 4 is 11.8 Å². The average Bonchev–Trinajstić information content (AvgIpc) is 3.22. The molecular formula is C23H22N2O3. The highest BCUT2D eigenvalue weighted by molar-refractivity contribution is 6.15. The van der Waals surface area contributed by atoms with Crippen molar-refractivity contribution in [1.82, 2.24) is 4.98 Å². The summed E-state index contributed by atoms with van der Waals surface area (Å²) in [5.41, 5.74) is 4.09. The van der Waals surface area contributed by atoms with Gasteiger partial charge in [0.15, 0.2) is 0 Å². The summed E-state index contributed by atoms with van der Waals surface area (Å²) in [6, 6.07) is 13.6. The summed E-state index contributed by atoms with van der Waals surface area (Å²) in [6.07, 6.45) is 7.71. The minimum Gasteiger partial charge on any atom is -0.497 e. The van der Waals surface area contributed by atoms with E-state index in [-0.39, 0.29) is 0 Å². The Kier molecular flexibility index (Phi) is 5.24. The number of rotatable bonds is 5. The fourth-order valence-corrected chi connectivity index (χ4v) is 3.35. The summed E-state index contributed by atoms with van der Waals surface area (Å²) in [7, 11) is 3.28. The SMILES string of the molecule is COc1ccc(-c2ccc(/C=C3/CCCN=C3c3cccnc3)o2)c(OC)c1. The molecule has 28 heavy (non-hydrogen) atoms. The van der Waals surface area contributed by atoms with Crippen LogP contribution in [0.4, 0.5) is 0 Å². The van der Waals surface area contributed by atoms with Crippen molar-refractivity contribution in [2.24, 2.45) is 4.99 Å². The van der Waals surface area contributed by atoms with Crippen LogP contribution in [0.25, 0.3) is 17.4 Å². The molecule has 0 saturated heterocycles. The molecule has 1 aliphatic heterocycles. The zero-order chi connectivity index (χ0) is 19.3. The molecule has 0 atom stereocenters. The molecule has 0 bridgehead atoms. The number of hydrogen-bond acceptors (Lipinski definition) is 5. The highest BCUT2D eigenvalue weighted by atomic mass is 16.5. The van der Waals surface area contributed by atoms with Crippen LogP contribution in [0.5, 0.6) is 11.5 Å². The Morgan fingerprint density at radius 2 is 2.00 bits per heavy atom. The molecule has 0 saturated carbocycles. The van der Waals surface area contributed by atoms with Crippen LogP contribution in [0.2, 0.25) is 0 Å². The maximum absolute atomic E-state index is 6.10. The summed E-state index contributed by atoms with van der Waals surface area (Å²) in [5, 5.41) is 0. The molecule has 0 aliphatic carbocycles. The molecule has 0 amide bonds. The van der Waals surface area contributed by atoms with Crippen molar-refractivity contribution in [3.05, 3.63) is 71.8 Å². The van der Waals surface area contributed by atoms with E-state index in [2.05, 4.69) is 11.1 Å². The van der Waals surface area contributed by atoms with Gasteiger partial charge in [-0.3, -0.25) is 9.98 Å². The Labute approximate surface area is 164 Å². The lowest BCUT2D eigenvalue weighted by molar-refractivity contribution is 0.394. The Balaban J connectivity index is 1.66. The lowest BCUT2D eigenvalue weighted by Crippen LogP contribution is -2.11. The van der Waals surface area contributed by atoms with Crippen LogP contribution < -0.4 is 9.47 Å². The van der Waals surface area contributed by atoms with Gasteiger partial charge in [0.05, 0.1) is 25.5 Å². The van der Waals surface area contributed by atoms with Gasteiger partial charge < -0.3 is 13.9 Å². The van der Waals surface area contributed by atoms with E-state index in [9.17, 15) is 0 Å². The summed E-state index contributed by atoms with van der Waals surface area (Å²) in [4.78, 5) is 8.94. The van der Waals surface area contributed by atoms with Crippen LogP contribution in [0.3, 0.4) is 0 Å². The first kappa shape index (κ1) is 18.0. The molecular weight excluding hydrogens is 352 g/mol. The van der Waals surface area contributed by atoms with Crippen molar-refractivity contribution < 1.29 is 13.9 Å². The van der Waals surface area contributed by atoms with Crippen LogP contribution in [-0.2, 0) is 0 Å². The first-order chi connectivity index (χ1) is 13.8. The van der Waals surface area contributed by atoms with Crippen LogP contribution in [0.1, 0.15) is 24.2 Å². The number of methoxy groups -OCH3 is 2. The lowest BCUT2D eigenvalue weighted by Gasteiger charge is -2.15. The molecule has 5 heteroatoms. The lowest BCUT2D eigenvalue weighted by atomic mass is 9.96. The van der Waals surface area contributed by atoms with Crippen LogP contribution in [0.15, 0.2) is 69.8 Å². The van der Waals surface area contributed by atoms with E-state index in [1.54, 1.807) is 20.4 Å². The number of furan rings is 1. The third-order valence-corrected chi connectivity index (χ3v) is 4.73. The maximum atomic E-state index is 6.10. The molecule has 1 aliphatic rings. The second kappa shape index (κ2) is 8.13. The molecule has 0 spiro atoms. The average molecular weight is 374 g/mol. The van der Waals surface area contributed by atoms with Gasteiger partial charge >= 0.3 is 0 Å². The zero-order valence-corrected chi connectivity index (χ0v) is 16.0. The Bertz CT molecular complexity index is 1020. The normalized spacial score (nSPS) is 15.4. The molecule has 0 fully saturated rings. The number of ether oxygens (including phenoxy) is 2. The molecule has 0 N–H and O–H groups in total. The van der Waals surface area contributed by atoms with E-state index in [0.717, 1.165) is 53.5 Å². The zero-order valence-electron chi connectivity index (χ0n) is 16.0. The van der Waals surface area contributed by atoms with Gasteiger partial charge in [-0.05, 0) is 60.9 Å². The molecule has 4 rings (SSSR count). The molecule has 142 valence electrons. The monoisotopic (exact) mass is 374 g/mol. The first-order valence-electron chi connectivity index (χ1n) is 9.26. The van der Waals surface area contributed by atoms with Crippen molar-refractivity contribution in [3.63, 3.8) is 0 Å². The second-order valence-electron chi connectivity index (χ2n) is 6.51. The molecule has 5 nitrogen and oxygen atoms in total. The second-order valence-corrected chi connectivity index (χ2v) is 6.51. The van der Waals surface area contributed by atoms with E-state index < -0.39 is 0 Å². The summed E-state index contributed by atoms with van der Waals surface area (Å²) >= 11 is 0. The smallest absolute Gasteiger partial charge is 0.138 e. The van der Waals surface area contributed by atoms with Gasteiger partial charge in [-0.15, -0.1) is 0 Å². The quantitative estimate of drug-likeness (QED) is 0.629. The largest absolute Gasteiger partial charge is 0.497 e. The first-order valence-corrected chi connectivity index (χ1v) is 9.26. The van der Waals surface area contributed by atoms with E-state index in [1.807, 2.05) is 48.7 Å². The number of nitrogens with zero attached hydrogens (tertiary/aromatic N) is 2. The molecule has 0 unspecified atom stereocenters. The Morgan fingerprint density at radius 1 is 1.07 bits per heavy atom. The number of benzene rings is 1.